The van der Waals surface area contributed by atoms with Crippen LogP contribution in [0.3, 0.4) is 0 Å². The zero-order valence-electron chi connectivity index (χ0n) is 15.2. The summed E-state index contributed by atoms with van der Waals surface area (Å²) in [5.41, 5.74) is 4.22. The van der Waals surface area contributed by atoms with E-state index >= 15 is 0 Å². The zero-order chi connectivity index (χ0) is 15.7. The molecule has 4 rings (SSSR count). The highest BCUT2D eigenvalue weighted by molar-refractivity contribution is 5.38. The van der Waals surface area contributed by atoms with Crippen molar-refractivity contribution in [3.8, 4) is 0 Å². The predicted molar refractivity (Wildman–Crippen MR) is 98.5 cm³/mol. The summed E-state index contributed by atoms with van der Waals surface area (Å²) in [6.07, 6.45) is 20.6. The van der Waals surface area contributed by atoms with Crippen LogP contribution in [0.25, 0.3) is 0 Å². The summed E-state index contributed by atoms with van der Waals surface area (Å²) in [6.45, 7) is 6.55. The lowest BCUT2D eigenvalue weighted by Gasteiger charge is -2.43. The third-order valence-electron chi connectivity index (χ3n) is 7.68. The summed E-state index contributed by atoms with van der Waals surface area (Å²) in [6, 6.07) is 0. The highest BCUT2D eigenvalue weighted by atomic mass is 15.1. The molecule has 1 aliphatic heterocycles. The fourth-order valence-corrected chi connectivity index (χ4v) is 6.17. The number of likely N-dealkylation sites (tertiary alicyclic amines) is 1. The van der Waals surface area contributed by atoms with Crippen LogP contribution in [-0.4, -0.2) is 24.5 Å². The van der Waals surface area contributed by atoms with Crippen molar-refractivity contribution in [2.75, 3.05) is 19.6 Å². The van der Waals surface area contributed by atoms with Gasteiger partial charge in [0.15, 0.2) is 0 Å². The lowest BCUT2D eigenvalue weighted by molar-refractivity contribution is 0.0999. The topological polar surface area (TPSA) is 3.24 Å². The average molecular weight is 314 g/mol. The summed E-state index contributed by atoms with van der Waals surface area (Å²) in [4.78, 5) is 2.83. The molecule has 0 bridgehead atoms. The van der Waals surface area contributed by atoms with Crippen molar-refractivity contribution in [3.63, 3.8) is 0 Å². The summed E-state index contributed by atoms with van der Waals surface area (Å²) < 4.78 is 0. The first-order valence-electron chi connectivity index (χ1n) is 10.4. The number of allylic oxidation sites excluding steroid dienone is 4. The van der Waals surface area contributed by atoms with Gasteiger partial charge in [0.25, 0.3) is 0 Å². The van der Waals surface area contributed by atoms with E-state index in [-0.39, 0.29) is 0 Å². The molecule has 1 spiro atoms. The Bertz CT molecular complexity index is 472. The SMILES string of the molecule is CC[C@H](CN1CCC2(CCC3=C2CCC=C3)CC1)C1CCCC1. The molecule has 4 aliphatic rings. The summed E-state index contributed by atoms with van der Waals surface area (Å²) in [5.74, 6) is 2.02. The fraction of sp³-hybridized carbons (Fsp3) is 0.818. The Morgan fingerprint density at radius 3 is 2.65 bits per heavy atom. The van der Waals surface area contributed by atoms with Crippen LogP contribution in [-0.2, 0) is 0 Å². The molecule has 1 saturated heterocycles. The molecular weight excluding hydrogens is 278 g/mol. The number of fused-ring (bicyclic) bond motifs is 1. The van der Waals surface area contributed by atoms with Crippen molar-refractivity contribution in [2.45, 2.75) is 77.6 Å². The predicted octanol–water partition coefficient (Wildman–Crippen LogP) is 5.73. The van der Waals surface area contributed by atoms with Gasteiger partial charge in [-0.2, -0.15) is 0 Å². The molecule has 1 heterocycles. The molecule has 0 radical (unpaired) electrons. The Morgan fingerprint density at radius 1 is 1.13 bits per heavy atom. The van der Waals surface area contributed by atoms with Gasteiger partial charge in [0.05, 0.1) is 0 Å². The number of piperidine rings is 1. The molecule has 0 unspecified atom stereocenters. The number of hydrogen-bond donors (Lipinski definition) is 0. The number of rotatable bonds is 4. The van der Waals surface area contributed by atoms with Gasteiger partial charge in [-0.25, -0.2) is 0 Å². The van der Waals surface area contributed by atoms with Gasteiger partial charge in [-0.1, -0.05) is 56.8 Å². The minimum Gasteiger partial charge on any atom is -0.303 e. The van der Waals surface area contributed by atoms with Crippen molar-refractivity contribution in [1.82, 2.24) is 4.90 Å². The highest BCUT2D eigenvalue weighted by Crippen LogP contribution is 2.53. The Kier molecular flexibility index (Phi) is 4.67. The van der Waals surface area contributed by atoms with Gasteiger partial charge in [-0.15, -0.1) is 0 Å². The smallest absolute Gasteiger partial charge is 0.00122 e. The van der Waals surface area contributed by atoms with Gasteiger partial charge in [0.1, 0.15) is 0 Å². The lowest BCUT2D eigenvalue weighted by Crippen LogP contribution is -2.43. The van der Waals surface area contributed by atoms with Crippen molar-refractivity contribution >= 4 is 0 Å². The summed E-state index contributed by atoms with van der Waals surface area (Å²) in [5, 5.41) is 0. The van der Waals surface area contributed by atoms with E-state index in [1.165, 1.54) is 90.3 Å². The Labute approximate surface area is 143 Å². The first-order chi connectivity index (χ1) is 11.3. The molecule has 0 aromatic rings. The Balaban J connectivity index is 1.36. The van der Waals surface area contributed by atoms with Crippen LogP contribution in [0.4, 0.5) is 0 Å². The third kappa shape index (κ3) is 3.06. The zero-order valence-corrected chi connectivity index (χ0v) is 15.2. The van der Waals surface area contributed by atoms with Crippen molar-refractivity contribution < 1.29 is 0 Å². The monoisotopic (exact) mass is 313 g/mol. The highest BCUT2D eigenvalue weighted by Gasteiger charge is 2.42. The molecule has 1 atom stereocenters. The fourth-order valence-electron chi connectivity index (χ4n) is 6.17. The van der Waals surface area contributed by atoms with Crippen LogP contribution >= 0.6 is 0 Å². The van der Waals surface area contributed by atoms with Crippen molar-refractivity contribution in [3.05, 3.63) is 23.3 Å². The van der Waals surface area contributed by atoms with E-state index in [0.29, 0.717) is 5.41 Å². The van der Waals surface area contributed by atoms with Crippen LogP contribution in [0.15, 0.2) is 23.3 Å². The van der Waals surface area contributed by atoms with Gasteiger partial charge in [0.2, 0.25) is 0 Å². The first-order valence-corrected chi connectivity index (χ1v) is 10.4. The molecule has 2 fully saturated rings. The van der Waals surface area contributed by atoms with Crippen LogP contribution in [0.2, 0.25) is 0 Å². The van der Waals surface area contributed by atoms with E-state index in [1.54, 1.807) is 5.57 Å². The van der Waals surface area contributed by atoms with E-state index in [2.05, 4.69) is 24.0 Å². The normalized spacial score (nSPS) is 29.4. The van der Waals surface area contributed by atoms with E-state index < -0.39 is 0 Å². The largest absolute Gasteiger partial charge is 0.303 e. The minimum atomic E-state index is 0.617. The number of nitrogens with zero attached hydrogens (tertiary/aromatic N) is 1. The Morgan fingerprint density at radius 2 is 1.91 bits per heavy atom. The first kappa shape index (κ1) is 15.9. The maximum Gasteiger partial charge on any atom is 0.00122 e. The molecule has 0 amide bonds. The van der Waals surface area contributed by atoms with Crippen molar-refractivity contribution in [1.29, 1.82) is 0 Å². The second kappa shape index (κ2) is 6.75. The quantitative estimate of drug-likeness (QED) is 0.641. The van der Waals surface area contributed by atoms with Gasteiger partial charge in [-0.05, 0) is 74.4 Å². The molecular formula is C22H35N. The van der Waals surface area contributed by atoms with Crippen LogP contribution in [0, 0.1) is 17.3 Å². The van der Waals surface area contributed by atoms with E-state index in [9.17, 15) is 0 Å². The maximum atomic E-state index is 2.83. The lowest BCUT2D eigenvalue weighted by atomic mass is 9.71. The van der Waals surface area contributed by atoms with Crippen LogP contribution in [0.1, 0.15) is 77.6 Å². The molecule has 128 valence electrons. The Hall–Kier alpha value is -0.560. The standard InChI is InChI=1S/C22H35N/c1-2-18(19-7-3-4-8-19)17-23-15-13-22(14-16-23)12-11-20-9-5-6-10-21(20)22/h5,9,18-19H,2-4,6-8,10-17H2,1H3/t18-/m1/s1. The maximum absolute atomic E-state index is 2.83. The second-order valence-corrected chi connectivity index (χ2v) is 8.74. The van der Waals surface area contributed by atoms with Crippen LogP contribution < -0.4 is 0 Å². The molecule has 0 aromatic carbocycles. The summed E-state index contributed by atoms with van der Waals surface area (Å²) in [7, 11) is 0. The van der Waals surface area contributed by atoms with Gasteiger partial charge in [-0.3, -0.25) is 0 Å². The second-order valence-electron chi connectivity index (χ2n) is 8.74. The van der Waals surface area contributed by atoms with E-state index in [4.69, 9.17) is 0 Å². The number of hydrogen-bond acceptors (Lipinski definition) is 1. The van der Waals surface area contributed by atoms with E-state index in [1.807, 2.05) is 5.57 Å². The average Bonchev–Trinajstić information content (AvgIpc) is 3.24. The van der Waals surface area contributed by atoms with Gasteiger partial charge < -0.3 is 4.90 Å². The summed E-state index contributed by atoms with van der Waals surface area (Å²) >= 11 is 0. The minimum absolute atomic E-state index is 0.617. The molecule has 0 aromatic heterocycles. The van der Waals surface area contributed by atoms with Crippen LogP contribution in [0.5, 0.6) is 0 Å². The van der Waals surface area contributed by atoms with Crippen molar-refractivity contribution in [2.24, 2.45) is 17.3 Å². The molecule has 1 nitrogen and oxygen atoms in total. The molecule has 0 N–H and O–H groups in total. The third-order valence-corrected chi connectivity index (χ3v) is 7.68. The molecule has 1 heteroatoms. The molecule has 3 aliphatic carbocycles. The molecule has 23 heavy (non-hydrogen) atoms. The molecule has 1 saturated carbocycles. The van der Waals surface area contributed by atoms with Gasteiger partial charge >= 0.3 is 0 Å². The van der Waals surface area contributed by atoms with Gasteiger partial charge in [0, 0.05) is 6.54 Å². The van der Waals surface area contributed by atoms with E-state index in [0.717, 1.165) is 11.8 Å².